The molecule has 0 radical (unpaired) electrons. The number of benzene rings is 4. The molecule has 4 aromatic carbocycles. The monoisotopic (exact) mass is 436 g/mol. The van der Waals surface area contributed by atoms with Crippen molar-refractivity contribution in [3.63, 3.8) is 0 Å². The van der Waals surface area contributed by atoms with E-state index in [1.165, 1.54) is 11.6 Å². The molecule has 0 aromatic heterocycles. The molecule has 0 atom stereocenters. The molecule has 0 N–H and O–H groups in total. The first-order valence-corrected chi connectivity index (χ1v) is 10.9. The Bertz CT molecular complexity index is 1200. The van der Waals surface area contributed by atoms with E-state index in [0.717, 1.165) is 24.0 Å². The molecule has 0 unspecified atom stereocenters. The molecule has 4 heteroatoms. The van der Waals surface area contributed by atoms with Gasteiger partial charge >= 0.3 is 11.9 Å². The number of hydrogen-bond donors (Lipinski definition) is 0. The van der Waals surface area contributed by atoms with Crippen LogP contribution in [0.3, 0.4) is 0 Å². The van der Waals surface area contributed by atoms with E-state index in [1.54, 1.807) is 30.3 Å². The Morgan fingerprint density at radius 3 is 2.00 bits per heavy atom. The summed E-state index contributed by atoms with van der Waals surface area (Å²) in [6.45, 7) is 0.325. The third kappa shape index (κ3) is 6.17. The number of ether oxygens (including phenoxy) is 2. The lowest BCUT2D eigenvalue weighted by Crippen LogP contribution is -2.10. The third-order valence-corrected chi connectivity index (χ3v) is 5.19. The second-order valence-electron chi connectivity index (χ2n) is 7.59. The van der Waals surface area contributed by atoms with Gasteiger partial charge < -0.3 is 9.47 Å². The van der Waals surface area contributed by atoms with E-state index in [9.17, 15) is 9.59 Å². The molecule has 4 rings (SSSR count). The van der Waals surface area contributed by atoms with Crippen molar-refractivity contribution in [2.75, 3.05) is 6.61 Å². The minimum atomic E-state index is -0.483. The maximum absolute atomic E-state index is 12.6. The molecule has 0 spiro atoms. The molecule has 0 fully saturated rings. The topological polar surface area (TPSA) is 52.6 Å². The van der Waals surface area contributed by atoms with Gasteiger partial charge in [0.25, 0.3) is 0 Å². The zero-order chi connectivity index (χ0) is 22.9. The van der Waals surface area contributed by atoms with Crippen LogP contribution in [0.1, 0.15) is 32.7 Å². The number of hydrogen-bond acceptors (Lipinski definition) is 4. The zero-order valence-corrected chi connectivity index (χ0v) is 18.1. The molecular formula is C29H24O4. The highest BCUT2D eigenvalue weighted by Gasteiger charge is 2.12. The van der Waals surface area contributed by atoms with E-state index < -0.39 is 11.9 Å². The number of aryl methyl sites for hydroxylation is 1. The van der Waals surface area contributed by atoms with Crippen molar-refractivity contribution in [3.8, 4) is 16.9 Å². The van der Waals surface area contributed by atoms with E-state index in [4.69, 9.17) is 9.47 Å². The number of esters is 2. The predicted molar refractivity (Wildman–Crippen MR) is 128 cm³/mol. The summed E-state index contributed by atoms with van der Waals surface area (Å²) in [7, 11) is 0. The van der Waals surface area contributed by atoms with Crippen LogP contribution in [0.15, 0.2) is 109 Å². The summed E-state index contributed by atoms with van der Waals surface area (Å²) < 4.78 is 10.8. The van der Waals surface area contributed by atoms with Crippen molar-refractivity contribution in [3.05, 3.63) is 126 Å². The Morgan fingerprint density at radius 2 is 1.27 bits per heavy atom. The second-order valence-corrected chi connectivity index (χ2v) is 7.59. The Labute approximate surface area is 193 Å². The van der Waals surface area contributed by atoms with Crippen LogP contribution >= 0.6 is 0 Å². The Morgan fingerprint density at radius 1 is 0.606 bits per heavy atom. The minimum absolute atomic E-state index is 0.297. The van der Waals surface area contributed by atoms with Crippen LogP contribution in [0, 0.1) is 0 Å². The van der Waals surface area contributed by atoms with E-state index >= 15 is 0 Å². The molecular weight excluding hydrogens is 412 g/mol. The summed E-state index contributed by atoms with van der Waals surface area (Å²) in [5.41, 5.74) is 4.08. The summed E-state index contributed by atoms with van der Waals surface area (Å²) >= 11 is 0. The zero-order valence-electron chi connectivity index (χ0n) is 18.1. The molecule has 0 heterocycles. The predicted octanol–water partition coefficient (Wildman–Crippen LogP) is 6.36. The molecule has 0 saturated heterocycles. The summed E-state index contributed by atoms with van der Waals surface area (Å²) in [5.74, 6) is -0.623. The first kappa shape index (κ1) is 22.0. The van der Waals surface area contributed by atoms with Gasteiger partial charge in [-0.1, -0.05) is 78.9 Å². The van der Waals surface area contributed by atoms with Crippen molar-refractivity contribution in [1.82, 2.24) is 0 Å². The molecule has 0 aliphatic heterocycles. The summed E-state index contributed by atoms with van der Waals surface area (Å²) in [6, 6.07) is 33.7. The van der Waals surface area contributed by atoms with Crippen LogP contribution in [0.25, 0.3) is 11.1 Å². The molecule has 4 aromatic rings. The molecule has 33 heavy (non-hydrogen) atoms. The van der Waals surface area contributed by atoms with Gasteiger partial charge in [-0.15, -0.1) is 0 Å². The van der Waals surface area contributed by atoms with E-state index in [1.807, 2.05) is 60.7 Å². The van der Waals surface area contributed by atoms with Gasteiger partial charge in [-0.05, 0) is 59.9 Å². The fourth-order valence-corrected chi connectivity index (χ4v) is 3.45. The van der Waals surface area contributed by atoms with E-state index in [2.05, 4.69) is 12.1 Å². The quantitative estimate of drug-likeness (QED) is 0.183. The second kappa shape index (κ2) is 10.9. The Kier molecular flexibility index (Phi) is 7.29. The summed E-state index contributed by atoms with van der Waals surface area (Å²) in [6.07, 6.45) is 1.58. The van der Waals surface area contributed by atoms with Crippen LogP contribution in [0.4, 0.5) is 0 Å². The van der Waals surface area contributed by atoms with Crippen molar-refractivity contribution in [1.29, 1.82) is 0 Å². The third-order valence-electron chi connectivity index (χ3n) is 5.19. The van der Waals surface area contributed by atoms with E-state index in [-0.39, 0.29) is 0 Å². The van der Waals surface area contributed by atoms with Gasteiger partial charge in [0.1, 0.15) is 5.75 Å². The summed E-state index contributed by atoms with van der Waals surface area (Å²) in [4.78, 5) is 24.9. The highest BCUT2D eigenvalue weighted by molar-refractivity contribution is 5.93. The Hall–Kier alpha value is -4.18. The van der Waals surface area contributed by atoms with Crippen LogP contribution in [0.2, 0.25) is 0 Å². The number of carbonyl (C=O) groups excluding carboxylic acids is 2. The average Bonchev–Trinajstić information content (AvgIpc) is 2.88. The lowest BCUT2D eigenvalue weighted by molar-refractivity contribution is 0.0498. The molecule has 164 valence electrons. The molecule has 0 bridgehead atoms. The van der Waals surface area contributed by atoms with Gasteiger partial charge in [-0.25, -0.2) is 9.59 Å². The van der Waals surface area contributed by atoms with Gasteiger partial charge in [0, 0.05) is 0 Å². The summed E-state index contributed by atoms with van der Waals surface area (Å²) in [5, 5.41) is 0. The molecule has 0 aliphatic rings. The molecule has 0 saturated carbocycles. The van der Waals surface area contributed by atoms with Gasteiger partial charge in [0.15, 0.2) is 0 Å². The maximum Gasteiger partial charge on any atom is 0.343 e. The highest BCUT2D eigenvalue weighted by atomic mass is 16.5. The van der Waals surface area contributed by atoms with E-state index in [0.29, 0.717) is 23.5 Å². The largest absolute Gasteiger partial charge is 0.462 e. The SMILES string of the molecule is O=C(OCCCc1ccccc1)c1cccc(OC(=O)c2ccc(-c3ccccc3)cc2)c1. The van der Waals surface area contributed by atoms with Gasteiger partial charge in [0.05, 0.1) is 17.7 Å². The highest BCUT2D eigenvalue weighted by Crippen LogP contribution is 2.21. The maximum atomic E-state index is 12.6. The van der Waals surface area contributed by atoms with Crippen molar-refractivity contribution < 1.29 is 19.1 Å². The average molecular weight is 437 g/mol. The van der Waals surface area contributed by atoms with Crippen molar-refractivity contribution >= 4 is 11.9 Å². The number of rotatable bonds is 8. The minimum Gasteiger partial charge on any atom is -0.462 e. The Balaban J connectivity index is 1.31. The van der Waals surface area contributed by atoms with Gasteiger partial charge in [0.2, 0.25) is 0 Å². The standard InChI is InChI=1S/C29H24O4/c30-28(32-20-8-11-22-9-3-1-4-10-22)26-14-7-15-27(21-26)33-29(31)25-18-16-24(17-19-25)23-12-5-2-6-13-23/h1-7,9-10,12-19,21H,8,11,20H2. The van der Waals surface area contributed by atoms with Crippen LogP contribution in [-0.4, -0.2) is 18.5 Å². The van der Waals surface area contributed by atoms with Gasteiger partial charge in [-0.3, -0.25) is 0 Å². The smallest absolute Gasteiger partial charge is 0.343 e. The first-order valence-electron chi connectivity index (χ1n) is 10.9. The molecule has 0 amide bonds. The number of carbonyl (C=O) groups is 2. The fourth-order valence-electron chi connectivity index (χ4n) is 3.45. The molecule has 0 aliphatic carbocycles. The normalized spacial score (nSPS) is 10.4. The van der Waals surface area contributed by atoms with Crippen molar-refractivity contribution in [2.45, 2.75) is 12.8 Å². The van der Waals surface area contributed by atoms with Crippen LogP contribution in [-0.2, 0) is 11.2 Å². The van der Waals surface area contributed by atoms with Crippen LogP contribution in [0.5, 0.6) is 5.75 Å². The molecule has 4 nitrogen and oxygen atoms in total. The lowest BCUT2D eigenvalue weighted by Gasteiger charge is -2.08. The van der Waals surface area contributed by atoms with Gasteiger partial charge in [-0.2, -0.15) is 0 Å². The van der Waals surface area contributed by atoms with Crippen LogP contribution < -0.4 is 4.74 Å². The first-order chi connectivity index (χ1) is 16.2. The van der Waals surface area contributed by atoms with Crippen molar-refractivity contribution in [2.24, 2.45) is 0 Å². The fraction of sp³-hybridized carbons (Fsp3) is 0.103. The lowest BCUT2D eigenvalue weighted by atomic mass is 10.0.